The van der Waals surface area contributed by atoms with E-state index in [1.165, 1.54) is 30.2 Å². The third-order valence-corrected chi connectivity index (χ3v) is 8.05. The summed E-state index contributed by atoms with van der Waals surface area (Å²) in [6.07, 6.45) is 7.98. The maximum atomic E-state index is 6.46. The van der Waals surface area contributed by atoms with Gasteiger partial charge in [0.25, 0.3) is 0 Å². The highest BCUT2D eigenvalue weighted by molar-refractivity contribution is 5.95. The number of para-hydroxylation sites is 1. The number of benzene rings is 2. The molecular formula is C29H35N7O. The molecule has 2 heterocycles. The van der Waals surface area contributed by atoms with E-state index in [2.05, 4.69) is 69.2 Å². The van der Waals surface area contributed by atoms with Crippen LogP contribution in [-0.2, 0) is 5.54 Å². The largest absolute Gasteiger partial charge is 0.494 e. The van der Waals surface area contributed by atoms with Crippen molar-refractivity contribution >= 4 is 33.9 Å². The van der Waals surface area contributed by atoms with Crippen molar-refractivity contribution in [3.63, 3.8) is 0 Å². The lowest BCUT2D eigenvalue weighted by Gasteiger charge is -2.62. The van der Waals surface area contributed by atoms with Gasteiger partial charge in [0.15, 0.2) is 0 Å². The van der Waals surface area contributed by atoms with Gasteiger partial charge in [0.05, 0.1) is 29.9 Å². The minimum atomic E-state index is 0.309. The van der Waals surface area contributed by atoms with Crippen molar-refractivity contribution < 1.29 is 4.74 Å². The van der Waals surface area contributed by atoms with Crippen LogP contribution >= 0.6 is 0 Å². The van der Waals surface area contributed by atoms with Gasteiger partial charge in [-0.25, -0.2) is 9.97 Å². The number of rotatable bonds is 9. The van der Waals surface area contributed by atoms with Crippen LogP contribution in [0.5, 0.6) is 5.75 Å². The molecule has 3 fully saturated rings. The smallest absolute Gasteiger partial charge is 0.227 e. The molecule has 2 aromatic heterocycles. The van der Waals surface area contributed by atoms with Gasteiger partial charge in [-0.15, -0.1) is 0 Å². The molecule has 7 rings (SSSR count). The van der Waals surface area contributed by atoms with Crippen LogP contribution in [0.1, 0.15) is 19.3 Å². The summed E-state index contributed by atoms with van der Waals surface area (Å²) in [4.78, 5) is 13.7. The molecule has 0 unspecified atom stereocenters. The van der Waals surface area contributed by atoms with Gasteiger partial charge in [-0.3, -0.25) is 0 Å². The van der Waals surface area contributed by atoms with Crippen LogP contribution in [0.2, 0.25) is 0 Å². The molecule has 3 aliphatic carbocycles. The van der Waals surface area contributed by atoms with Crippen LogP contribution in [0.3, 0.4) is 0 Å². The molecule has 37 heavy (non-hydrogen) atoms. The molecule has 8 heteroatoms. The van der Waals surface area contributed by atoms with Crippen LogP contribution in [-0.4, -0.2) is 60.8 Å². The lowest BCUT2D eigenvalue weighted by atomic mass is 9.49. The molecule has 2 aromatic carbocycles. The van der Waals surface area contributed by atoms with E-state index in [0.717, 1.165) is 41.6 Å². The Hall–Kier alpha value is -3.78. The third kappa shape index (κ3) is 4.05. The Morgan fingerprint density at radius 1 is 1.11 bits per heavy atom. The molecule has 192 valence electrons. The van der Waals surface area contributed by atoms with Crippen molar-refractivity contribution in [2.24, 2.45) is 5.92 Å². The first-order valence-electron chi connectivity index (χ1n) is 12.9. The fourth-order valence-electron chi connectivity index (χ4n) is 5.85. The molecule has 3 saturated carbocycles. The van der Waals surface area contributed by atoms with Crippen molar-refractivity contribution in [2.75, 3.05) is 57.3 Å². The predicted octanol–water partition coefficient (Wildman–Crippen LogP) is 4.94. The average Bonchev–Trinajstić information content (AvgIpc) is 3.20. The molecule has 0 radical (unpaired) electrons. The minimum absolute atomic E-state index is 0.309. The summed E-state index contributed by atoms with van der Waals surface area (Å²) in [6.45, 7) is 1.78. The van der Waals surface area contributed by atoms with E-state index in [9.17, 15) is 0 Å². The summed E-state index contributed by atoms with van der Waals surface area (Å²) in [5.41, 5.74) is 12.4. The average molecular weight is 498 g/mol. The van der Waals surface area contributed by atoms with E-state index in [1.807, 2.05) is 25.2 Å². The van der Waals surface area contributed by atoms with Gasteiger partial charge in [-0.1, -0.05) is 18.2 Å². The Morgan fingerprint density at radius 2 is 1.89 bits per heavy atom. The Labute approximate surface area is 218 Å². The second-order valence-corrected chi connectivity index (χ2v) is 10.9. The number of nitrogens with zero attached hydrogens (tertiary/aromatic N) is 5. The van der Waals surface area contributed by atoms with E-state index >= 15 is 0 Å². The number of nitrogens with one attached hydrogen (secondary N) is 1. The molecule has 0 spiro atoms. The van der Waals surface area contributed by atoms with Gasteiger partial charge in [-0.05, 0) is 57.5 Å². The number of methoxy groups -OCH3 is 1. The molecule has 0 aliphatic heterocycles. The second-order valence-electron chi connectivity index (χ2n) is 10.9. The predicted molar refractivity (Wildman–Crippen MR) is 151 cm³/mol. The van der Waals surface area contributed by atoms with Gasteiger partial charge < -0.3 is 30.2 Å². The summed E-state index contributed by atoms with van der Waals surface area (Å²) in [6, 6.07) is 14.5. The monoisotopic (exact) mass is 497 g/mol. The van der Waals surface area contributed by atoms with Crippen LogP contribution in [0.15, 0.2) is 54.9 Å². The first kappa shape index (κ1) is 23.6. The van der Waals surface area contributed by atoms with Crippen LogP contribution in [0.4, 0.5) is 23.0 Å². The normalized spacial score (nSPS) is 20.0. The Kier molecular flexibility index (Phi) is 5.71. The van der Waals surface area contributed by atoms with Crippen LogP contribution in [0.25, 0.3) is 22.2 Å². The Morgan fingerprint density at radius 3 is 2.59 bits per heavy atom. The summed E-state index contributed by atoms with van der Waals surface area (Å²) in [5, 5.41) is 4.57. The number of likely N-dealkylation sites (N-methyl/N-ethyl adjacent to an activating group) is 2. The fraction of sp³-hybridized carbons (Fsp3) is 0.379. The topological polar surface area (TPSA) is 84.5 Å². The summed E-state index contributed by atoms with van der Waals surface area (Å²) in [5.74, 6) is 2.11. The number of ether oxygens (including phenoxy) is 1. The van der Waals surface area contributed by atoms with E-state index in [4.69, 9.17) is 15.5 Å². The van der Waals surface area contributed by atoms with Crippen molar-refractivity contribution in [3.05, 3.63) is 54.9 Å². The molecule has 0 saturated heterocycles. The molecule has 3 aliphatic rings. The summed E-state index contributed by atoms with van der Waals surface area (Å²) < 4.78 is 8.21. The number of anilines is 4. The molecule has 0 amide bonds. The summed E-state index contributed by atoms with van der Waals surface area (Å²) >= 11 is 0. The van der Waals surface area contributed by atoms with E-state index in [-0.39, 0.29) is 0 Å². The van der Waals surface area contributed by atoms with Gasteiger partial charge >= 0.3 is 0 Å². The number of hydrogen-bond acceptors (Lipinski definition) is 7. The molecule has 4 aromatic rings. The van der Waals surface area contributed by atoms with Crippen molar-refractivity contribution in [1.82, 2.24) is 19.4 Å². The maximum Gasteiger partial charge on any atom is 0.227 e. The zero-order valence-corrected chi connectivity index (χ0v) is 22.0. The molecule has 8 nitrogen and oxygen atoms in total. The van der Waals surface area contributed by atoms with E-state index in [0.29, 0.717) is 22.9 Å². The standard InChI is InChI=1S/C29H35N7O/c1-34(2)11-12-35(3)26-14-27(37-4)24(13-22(26)30)33-28-31-10-9-23(32-28)21-18-36(29-15-19(16-29)17-29)25-8-6-5-7-20(21)25/h5-10,13-14,18-19H,11-12,15-17,30H2,1-4H3,(H,31,32,33). The van der Waals surface area contributed by atoms with E-state index < -0.39 is 0 Å². The second kappa shape index (κ2) is 8.95. The number of nitrogen functional groups attached to an aromatic ring is 1. The highest BCUT2D eigenvalue weighted by Crippen LogP contribution is 2.63. The third-order valence-electron chi connectivity index (χ3n) is 8.05. The van der Waals surface area contributed by atoms with Crippen molar-refractivity contribution in [2.45, 2.75) is 24.8 Å². The SMILES string of the molecule is COc1cc(N(C)CCN(C)C)c(N)cc1Nc1nccc(-c2cn(C34CC(C3)C4)c3ccccc23)n1. The Balaban J connectivity index is 1.31. The highest BCUT2D eigenvalue weighted by atomic mass is 16.5. The van der Waals surface area contributed by atoms with Crippen molar-refractivity contribution in [3.8, 4) is 17.0 Å². The van der Waals surface area contributed by atoms with Crippen molar-refractivity contribution in [1.29, 1.82) is 0 Å². The van der Waals surface area contributed by atoms with Gasteiger partial charge in [0.1, 0.15) is 5.75 Å². The van der Waals surface area contributed by atoms with Gasteiger partial charge in [-0.2, -0.15) is 0 Å². The molecular weight excluding hydrogens is 462 g/mol. The lowest BCUT2D eigenvalue weighted by molar-refractivity contribution is -0.0854. The zero-order valence-electron chi connectivity index (χ0n) is 22.0. The zero-order chi connectivity index (χ0) is 25.7. The number of aromatic nitrogens is 3. The molecule has 2 bridgehead atoms. The number of nitrogens with two attached hydrogens (primary N) is 1. The first-order chi connectivity index (χ1) is 17.9. The minimum Gasteiger partial charge on any atom is -0.494 e. The fourth-order valence-corrected chi connectivity index (χ4v) is 5.85. The van der Waals surface area contributed by atoms with E-state index in [1.54, 1.807) is 13.3 Å². The van der Waals surface area contributed by atoms with Crippen LogP contribution in [0, 0.1) is 5.92 Å². The number of fused-ring (bicyclic) bond motifs is 1. The highest BCUT2D eigenvalue weighted by Gasteiger charge is 2.58. The van der Waals surface area contributed by atoms with Gasteiger partial charge in [0.2, 0.25) is 5.95 Å². The van der Waals surface area contributed by atoms with Gasteiger partial charge in [0, 0.05) is 60.6 Å². The Bertz CT molecular complexity index is 1440. The first-order valence-corrected chi connectivity index (χ1v) is 12.9. The maximum absolute atomic E-state index is 6.46. The summed E-state index contributed by atoms with van der Waals surface area (Å²) in [7, 11) is 7.83. The lowest BCUT2D eigenvalue weighted by Crippen LogP contribution is -2.58. The molecule has 3 N–H and O–H groups in total. The van der Waals surface area contributed by atoms with Crippen LogP contribution < -0.4 is 20.7 Å². The number of hydrogen-bond donors (Lipinski definition) is 2. The molecule has 0 atom stereocenters. The quantitative estimate of drug-likeness (QED) is 0.317.